The Balaban J connectivity index is 1.93. The van der Waals surface area contributed by atoms with Gasteiger partial charge in [-0.05, 0) is 52.1 Å². The number of hydrogen-bond donors (Lipinski definition) is 2. The molecular weight excluding hydrogens is 222 g/mol. The Morgan fingerprint density at radius 2 is 1.72 bits per heavy atom. The third kappa shape index (κ3) is 3.25. The van der Waals surface area contributed by atoms with Gasteiger partial charge < -0.3 is 0 Å². The van der Waals surface area contributed by atoms with Crippen LogP contribution in [0.15, 0.2) is 0 Å². The monoisotopic (exact) mass is 253 g/mol. The van der Waals surface area contributed by atoms with E-state index in [9.17, 15) is 0 Å². The molecular formula is C15H31N3. The molecule has 2 rings (SSSR count). The number of rotatable bonds is 5. The minimum Gasteiger partial charge on any atom is -0.297 e. The van der Waals surface area contributed by atoms with E-state index in [-0.39, 0.29) is 5.54 Å². The standard InChI is InChI=1S/C15H31N3/c1-15(2,18-10-6-7-11-18)14(17-16)12-13-8-4-3-5-9-13/h13-14,17H,3-12,16H2,1-2H3. The van der Waals surface area contributed by atoms with Gasteiger partial charge in [0, 0.05) is 11.6 Å². The molecule has 0 aromatic rings. The molecule has 106 valence electrons. The van der Waals surface area contributed by atoms with E-state index >= 15 is 0 Å². The van der Waals surface area contributed by atoms with Gasteiger partial charge in [-0.15, -0.1) is 0 Å². The summed E-state index contributed by atoms with van der Waals surface area (Å²) in [6.45, 7) is 7.23. The smallest absolute Gasteiger partial charge is 0.0392 e. The van der Waals surface area contributed by atoms with Crippen LogP contribution in [0.1, 0.15) is 65.2 Å². The second-order valence-electron chi connectivity index (χ2n) is 6.81. The summed E-state index contributed by atoms with van der Waals surface area (Å²) < 4.78 is 0. The summed E-state index contributed by atoms with van der Waals surface area (Å²) in [5.41, 5.74) is 3.32. The van der Waals surface area contributed by atoms with Crippen molar-refractivity contribution in [2.45, 2.75) is 76.8 Å². The van der Waals surface area contributed by atoms with Crippen LogP contribution in [0.5, 0.6) is 0 Å². The van der Waals surface area contributed by atoms with Crippen molar-refractivity contribution in [2.24, 2.45) is 11.8 Å². The van der Waals surface area contributed by atoms with Crippen molar-refractivity contribution >= 4 is 0 Å². The molecule has 3 N–H and O–H groups in total. The van der Waals surface area contributed by atoms with Crippen LogP contribution in [0.4, 0.5) is 0 Å². The molecule has 0 radical (unpaired) electrons. The average Bonchev–Trinajstić information content (AvgIpc) is 2.91. The van der Waals surface area contributed by atoms with E-state index in [1.165, 1.54) is 64.5 Å². The number of nitrogens with one attached hydrogen (secondary N) is 1. The van der Waals surface area contributed by atoms with Crippen LogP contribution in [-0.4, -0.2) is 29.6 Å². The van der Waals surface area contributed by atoms with Gasteiger partial charge in [-0.1, -0.05) is 32.1 Å². The molecule has 1 saturated heterocycles. The Morgan fingerprint density at radius 1 is 1.11 bits per heavy atom. The van der Waals surface area contributed by atoms with E-state index in [2.05, 4.69) is 24.2 Å². The molecule has 1 saturated carbocycles. The number of hydrazine groups is 1. The van der Waals surface area contributed by atoms with Crippen molar-refractivity contribution in [3.63, 3.8) is 0 Å². The Labute approximate surface area is 112 Å². The topological polar surface area (TPSA) is 41.3 Å². The van der Waals surface area contributed by atoms with Crippen LogP contribution in [0.25, 0.3) is 0 Å². The maximum absolute atomic E-state index is 5.87. The van der Waals surface area contributed by atoms with Crippen LogP contribution < -0.4 is 11.3 Å². The molecule has 2 fully saturated rings. The molecule has 1 aliphatic carbocycles. The SMILES string of the molecule is CC(C)(C(CC1CCCCC1)NN)N1CCCC1. The van der Waals surface area contributed by atoms with Crippen LogP contribution in [0.2, 0.25) is 0 Å². The molecule has 2 aliphatic rings. The first kappa shape index (κ1) is 14.3. The van der Waals surface area contributed by atoms with Crippen LogP contribution >= 0.6 is 0 Å². The van der Waals surface area contributed by atoms with Gasteiger partial charge in [-0.25, -0.2) is 0 Å². The highest BCUT2D eigenvalue weighted by Crippen LogP contribution is 2.32. The predicted octanol–water partition coefficient (Wildman–Crippen LogP) is 2.66. The molecule has 18 heavy (non-hydrogen) atoms. The van der Waals surface area contributed by atoms with Gasteiger partial charge in [-0.3, -0.25) is 16.2 Å². The fraction of sp³-hybridized carbons (Fsp3) is 1.00. The lowest BCUT2D eigenvalue weighted by molar-refractivity contribution is 0.0894. The first-order valence-corrected chi connectivity index (χ1v) is 7.86. The fourth-order valence-corrected chi connectivity index (χ4v) is 3.83. The van der Waals surface area contributed by atoms with E-state index in [0.29, 0.717) is 6.04 Å². The van der Waals surface area contributed by atoms with Crippen molar-refractivity contribution in [3.05, 3.63) is 0 Å². The number of nitrogens with two attached hydrogens (primary N) is 1. The lowest BCUT2D eigenvalue weighted by atomic mass is 9.79. The van der Waals surface area contributed by atoms with Crippen LogP contribution in [0, 0.1) is 5.92 Å². The second kappa shape index (κ2) is 6.36. The van der Waals surface area contributed by atoms with E-state index in [1.54, 1.807) is 0 Å². The summed E-state index contributed by atoms with van der Waals surface area (Å²) in [7, 11) is 0. The molecule has 0 spiro atoms. The van der Waals surface area contributed by atoms with Crippen LogP contribution in [0.3, 0.4) is 0 Å². The minimum atomic E-state index is 0.197. The molecule has 3 heteroatoms. The fourth-order valence-electron chi connectivity index (χ4n) is 3.83. The summed E-state index contributed by atoms with van der Waals surface area (Å²) in [6.07, 6.45) is 11.1. The van der Waals surface area contributed by atoms with Crippen molar-refractivity contribution in [2.75, 3.05) is 13.1 Å². The summed E-state index contributed by atoms with van der Waals surface area (Å²) in [4.78, 5) is 2.63. The Morgan fingerprint density at radius 3 is 2.28 bits per heavy atom. The maximum Gasteiger partial charge on any atom is 0.0392 e. The zero-order chi connectivity index (χ0) is 13.0. The molecule has 0 amide bonds. The minimum absolute atomic E-state index is 0.197. The van der Waals surface area contributed by atoms with Gasteiger partial charge in [0.05, 0.1) is 0 Å². The second-order valence-corrected chi connectivity index (χ2v) is 6.81. The van der Waals surface area contributed by atoms with E-state index in [4.69, 9.17) is 5.84 Å². The molecule has 1 aliphatic heterocycles. The lowest BCUT2D eigenvalue weighted by Crippen LogP contribution is -2.59. The average molecular weight is 253 g/mol. The molecule has 0 bridgehead atoms. The maximum atomic E-state index is 5.87. The summed E-state index contributed by atoms with van der Waals surface area (Å²) >= 11 is 0. The Hall–Kier alpha value is -0.120. The van der Waals surface area contributed by atoms with Gasteiger partial charge in [0.1, 0.15) is 0 Å². The number of likely N-dealkylation sites (tertiary alicyclic amines) is 1. The molecule has 1 unspecified atom stereocenters. The number of hydrogen-bond acceptors (Lipinski definition) is 3. The molecule has 0 aromatic heterocycles. The largest absolute Gasteiger partial charge is 0.297 e. The molecule has 3 nitrogen and oxygen atoms in total. The Bertz CT molecular complexity index is 240. The quantitative estimate of drug-likeness (QED) is 0.584. The molecule has 1 atom stereocenters. The summed E-state index contributed by atoms with van der Waals surface area (Å²) in [5.74, 6) is 6.76. The Kier molecular flexibility index (Phi) is 5.05. The first-order chi connectivity index (χ1) is 8.64. The molecule has 1 heterocycles. The highest BCUT2D eigenvalue weighted by atomic mass is 15.3. The van der Waals surface area contributed by atoms with Gasteiger partial charge in [0.2, 0.25) is 0 Å². The molecule has 0 aromatic carbocycles. The van der Waals surface area contributed by atoms with Crippen molar-refractivity contribution in [1.82, 2.24) is 10.3 Å². The zero-order valence-corrected chi connectivity index (χ0v) is 12.3. The first-order valence-electron chi connectivity index (χ1n) is 7.86. The third-order valence-corrected chi connectivity index (χ3v) is 5.27. The zero-order valence-electron chi connectivity index (χ0n) is 12.3. The van der Waals surface area contributed by atoms with Gasteiger partial charge >= 0.3 is 0 Å². The predicted molar refractivity (Wildman–Crippen MR) is 77.2 cm³/mol. The summed E-state index contributed by atoms with van der Waals surface area (Å²) in [6, 6.07) is 0.429. The highest BCUT2D eigenvalue weighted by molar-refractivity contribution is 4.95. The lowest BCUT2D eigenvalue weighted by Gasteiger charge is -2.43. The van der Waals surface area contributed by atoms with Crippen LogP contribution in [-0.2, 0) is 0 Å². The van der Waals surface area contributed by atoms with E-state index in [0.717, 1.165) is 5.92 Å². The van der Waals surface area contributed by atoms with Crippen molar-refractivity contribution in [3.8, 4) is 0 Å². The van der Waals surface area contributed by atoms with Crippen molar-refractivity contribution < 1.29 is 0 Å². The normalized spacial score (nSPS) is 25.5. The van der Waals surface area contributed by atoms with Gasteiger partial charge in [0.25, 0.3) is 0 Å². The van der Waals surface area contributed by atoms with E-state index < -0.39 is 0 Å². The highest BCUT2D eigenvalue weighted by Gasteiger charge is 2.37. The van der Waals surface area contributed by atoms with Crippen molar-refractivity contribution in [1.29, 1.82) is 0 Å². The van der Waals surface area contributed by atoms with Gasteiger partial charge in [0.15, 0.2) is 0 Å². The third-order valence-electron chi connectivity index (χ3n) is 5.27. The summed E-state index contributed by atoms with van der Waals surface area (Å²) in [5, 5.41) is 0. The van der Waals surface area contributed by atoms with Gasteiger partial charge in [-0.2, -0.15) is 0 Å². The van der Waals surface area contributed by atoms with E-state index in [1.807, 2.05) is 0 Å². The number of nitrogens with zero attached hydrogens (tertiary/aromatic N) is 1.